The summed E-state index contributed by atoms with van der Waals surface area (Å²) in [7, 11) is 0. The van der Waals surface area contributed by atoms with Crippen LogP contribution in [-0.2, 0) is 6.54 Å². The van der Waals surface area contributed by atoms with Crippen LogP contribution in [0, 0.1) is 0 Å². The number of nitrogens with zero attached hydrogens (tertiary/aromatic N) is 1. The van der Waals surface area contributed by atoms with Gasteiger partial charge in [-0.25, -0.2) is 4.79 Å². The molecule has 0 unspecified atom stereocenters. The Morgan fingerprint density at radius 3 is 3.07 bits per heavy atom. The standard InChI is InChI=1S/C8H13N5O/c9-7-5(4-11-13-7)3-10-8(14)12-6-1-2-6/h4,6H,1-3H2,(H3,9,11,13)(H2,10,12,14). The number of aromatic amines is 1. The first-order chi connectivity index (χ1) is 6.75. The average Bonchev–Trinajstić information content (AvgIpc) is 2.86. The lowest BCUT2D eigenvalue weighted by atomic mass is 10.3. The second kappa shape index (κ2) is 3.57. The van der Waals surface area contributed by atoms with E-state index in [0.717, 1.165) is 18.4 Å². The minimum atomic E-state index is -0.145. The van der Waals surface area contributed by atoms with Crippen LogP contribution in [0.4, 0.5) is 10.6 Å². The van der Waals surface area contributed by atoms with Gasteiger partial charge in [-0.3, -0.25) is 5.10 Å². The molecular formula is C8H13N5O. The highest BCUT2D eigenvalue weighted by atomic mass is 16.2. The number of nitrogen functional groups attached to an aromatic ring is 1. The molecule has 1 fully saturated rings. The van der Waals surface area contributed by atoms with Crippen LogP contribution in [0.3, 0.4) is 0 Å². The number of hydrogen-bond acceptors (Lipinski definition) is 3. The highest BCUT2D eigenvalue weighted by molar-refractivity contribution is 5.74. The number of rotatable bonds is 3. The molecule has 76 valence electrons. The molecule has 1 aliphatic carbocycles. The van der Waals surface area contributed by atoms with Crippen LogP contribution in [0.5, 0.6) is 0 Å². The minimum Gasteiger partial charge on any atom is -0.384 e. The molecule has 6 nitrogen and oxygen atoms in total. The highest BCUT2D eigenvalue weighted by Gasteiger charge is 2.22. The summed E-state index contributed by atoms with van der Waals surface area (Å²) in [6.45, 7) is 0.404. The van der Waals surface area contributed by atoms with Gasteiger partial charge in [-0.2, -0.15) is 5.10 Å². The third-order valence-electron chi connectivity index (χ3n) is 2.10. The van der Waals surface area contributed by atoms with E-state index in [0.29, 0.717) is 18.4 Å². The van der Waals surface area contributed by atoms with Gasteiger partial charge in [0.05, 0.1) is 6.20 Å². The number of amides is 2. The molecule has 1 aliphatic rings. The number of urea groups is 1. The Kier molecular flexibility index (Phi) is 2.26. The molecule has 0 aromatic carbocycles. The Hall–Kier alpha value is -1.72. The van der Waals surface area contributed by atoms with Gasteiger partial charge in [0.1, 0.15) is 5.82 Å². The van der Waals surface area contributed by atoms with E-state index in [1.165, 1.54) is 0 Å². The van der Waals surface area contributed by atoms with Gasteiger partial charge in [0.15, 0.2) is 0 Å². The summed E-state index contributed by atoms with van der Waals surface area (Å²) in [6.07, 6.45) is 3.77. The minimum absolute atomic E-state index is 0.145. The molecule has 0 bridgehead atoms. The number of H-pyrrole nitrogens is 1. The lowest BCUT2D eigenvalue weighted by Crippen LogP contribution is -2.36. The van der Waals surface area contributed by atoms with Crippen molar-refractivity contribution in [1.82, 2.24) is 20.8 Å². The van der Waals surface area contributed by atoms with E-state index in [2.05, 4.69) is 20.8 Å². The summed E-state index contributed by atoms with van der Waals surface area (Å²) in [5.74, 6) is 0.497. The van der Waals surface area contributed by atoms with Crippen molar-refractivity contribution in [2.24, 2.45) is 0 Å². The number of nitrogens with one attached hydrogen (secondary N) is 3. The van der Waals surface area contributed by atoms with E-state index in [9.17, 15) is 4.79 Å². The van der Waals surface area contributed by atoms with Gasteiger partial charge in [-0.1, -0.05) is 0 Å². The van der Waals surface area contributed by atoms with Crippen molar-refractivity contribution in [1.29, 1.82) is 0 Å². The number of hydrogen-bond donors (Lipinski definition) is 4. The fourth-order valence-electron chi connectivity index (χ4n) is 1.10. The third-order valence-corrected chi connectivity index (χ3v) is 2.10. The van der Waals surface area contributed by atoms with Crippen LogP contribution in [0.25, 0.3) is 0 Å². The van der Waals surface area contributed by atoms with E-state index in [-0.39, 0.29) is 6.03 Å². The maximum absolute atomic E-state index is 11.2. The van der Waals surface area contributed by atoms with Crippen molar-refractivity contribution in [3.63, 3.8) is 0 Å². The number of carbonyl (C=O) groups is 1. The maximum atomic E-state index is 11.2. The molecule has 1 aromatic rings. The summed E-state index contributed by atoms with van der Waals surface area (Å²) < 4.78 is 0. The molecule has 1 heterocycles. The van der Waals surface area contributed by atoms with Crippen molar-refractivity contribution < 1.29 is 4.79 Å². The summed E-state index contributed by atoms with van der Waals surface area (Å²) >= 11 is 0. The lowest BCUT2D eigenvalue weighted by Gasteiger charge is -2.05. The molecule has 6 heteroatoms. The molecule has 1 aromatic heterocycles. The van der Waals surface area contributed by atoms with Crippen LogP contribution in [0.2, 0.25) is 0 Å². The molecule has 0 radical (unpaired) electrons. The van der Waals surface area contributed by atoms with E-state index in [1.54, 1.807) is 6.20 Å². The number of aromatic nitrogens is 2. The fourth-order valence-corrected chi connectivity index (χ4v) is 1.10. The van der Waals surface area contributed by atoms with Gasteiger partial charge in [0.25, 0.3) is 0 Å². The second-order valence-electron chi connectivity index (χ2n) is 3.41. The summed E-state index contributed by atoms with van der Waals surface area (Å²) in [6, 6.07) is 0.227. The SMILES string of the molecule is Nc1[nH]ncc1CNC(=O)NC1CC1. The molecule has 0 saturated heterocycles. The van der Waals surface area contributed by atoms with Gasteiger partial charge in [0.2, 0.25) is 0 Å². The van der Waals surface area contributed by atoms with Gasteiger partial charge in [-0.05, 0) is 12.8 Å². The Bertz CT molecular complexity index is 330. The number of carbonyl (C=O) groups excluding carboxylic acids is 1. The largest absolute Gasteiger partial charge is 0.384 e. The van der Waals surface area contributed by atoms with Gasteiger partial charge in [-0.15, -0.1) is 0 Å². The zero-order valence-electron chi connectivity index (χ0n) is 7.71. The summed E-state index contributed by atoms with van der Waals surface area (Å²) in [4.78, 5) is 11.2. The van der Waals surface area contributed by atoms with E-state index < -0.39 is 0 Å². The zero-order valence-corrected chi connectivity index (χ0v) is 7.71. The number of anilines is 1. The fraction of sp³-hybridized carbons (Fsp3) is 0.500. The first kappa shape index (κ1) is 8.86. The van der Waals surface area contributed by atoms with Crippen molar-refractivity contribution in [2.75, 3.05) is 5.73 Å². The van der Waals surface area contributed by atoms with Crippen LogP contribution in [0.1, 0.15) is 18.4 Å². The summed E-state index contributed by atoms with van der Waals surface area (Å²) in [5, 5.41) is 11.9. The quantitative estimate of drug-likeness (QED) is 0.544. The second-order valence-corrected chi connectivity index (χ2v) is 3.41. The van der Waals surface area contributed by atoms with E-state index in [1.807, 2.05) is 0 Å². The van der Waals surface area contributed by atoms with Crippen molar-refractivity contribution >= 4 is 11.8 Å². The topological polar surface area (TPSA) is 95.8 Å². The third kappa shape index (κ3) is 2.15. The van der Waals surface area contributed by atoms with Crippen LogP contribution in [-0.4, -0.2) is 22.3 Å². The molecule has 5 N–H and O–H groups in total. The van der Waals surface area contributed by atoms with E-state index in [4.69, 9.17) is 5.73 Å². The molecule has 1 saturated carbocycles. The summed E-state index contributed by atoms with van der Waals surface area (Å²) in [5.41, 5.74) is 6.35. The lowest BCUT2D eigenvalue weighted by molar-refractivity contribution is 0.240. The average molecular weight is 195 g/mol. The number of nitrogens with two attached hydrogens (primary N) is 1. The first-order valence-electron chi connectivity index (χ1n) is 4.58. The van der Waals surface area contributed by atoms with E-state index >= 15 is 0 Å². The molecule has 0 aliphatic heterocycles. The van der Waals surface area contributed by atoms with Crippen molar-refractivity contribution in [2.45, 2.75) is 25.4 Å². The monoisotopic (exact) mass is 195 g/mol. The zero-order chi connectivity index (χ0) is 9.97. The first-order valence-corrected chi connectivity index (χ1v) is 4.58. The molecule has 2 amide bonds. The van der Waals surface area contributed by atoms with Crippen molar-refractivity contribution in [3.8, 4) is 0 Å². The van der Waals surface area contributed by atoms with Gasteiger partial charge >= 0.3 is 6.03 Å². The molecule has 0 atom stereocenters. The van der Waals surface area contributed by atoms with Crippen LogP contribution in [0.15, 0.2) is 6.20 Å². The normalized spacial score (nSPS) is 15.1. The molecule has 2 rings (SSSR count). The highest BCUT2D eigenvalue weighted by Crippen LogP contribution is 2.18. The van der Waals surface area contributed by atoms with Gasteiger partial charge in [0, 0.05) is 18.2 Å². The predicted octanol–water partition coefficient (Wildman–Crippen LogP) is -0.0465. The smallest absolute Gasteiger partial charge is 0.315 e. The maximum Gasteiger partial charge on any atom is 0.315 e. The predicted molar refractivity (Wildman–Crippen MR) is 51.4 cm³/mol. The Balaban J connectivity index is 1.76. The van der Waals surface area contributed by atoms with Crippen LogP contribution < -0.4 is 16.4 Å². The molecule has 14 heavy (non-hydrogen) atoms. The van der Waals surface area contributed by atoms with Crippen LogP contribution >= 0.6 is 0 Å². The molecule has 0 spiro atoms. The Labute approximate surface area is 81.2 Å². The Morgan fingerprint density at radius 2 is 2.50 bits per heavy atom. The van der Waals surface area contributed by atoms with Crippen molar-refractivity contribution in [3.05, 3.63) is 11.8 Å². The Morgan fingerprint density at radius 1 is 1.71 bits per heavy atom. The molecular weight excluding hydrogens is 182 g/mol. The van der Waals surface area contributed by atoms with Gasteiger partial charge < -0.3 is 16.4 Å².